The smallest absolute Gasteiger partial charge is 0.231 e. The molecule has 0 aliphatic carbocycles. The Hall–Kier alpha value is -1.08. The third-order valence-electron chi connectivity index (χ3n) is 2.31. The molecule has 2 heterocycles. The Labute approximate surface area is 111 Å². The highest BCUT2D eigenvalue weighted by atomic mass is 32.2. The highest BCUT2D eigenvalue weighted by molar-refractivity contribution is 8.00. The molecular formula is C11H19N5OS. The molecule has 100 valence electrons. The molecule has 6 nitrogen and oxygen atoms in total. The van der Waals surface area contributed by atoms with Gasteiger partial charge in [0.15, 0.2) is 5.16 Å². The van der Waals surface area contributed by atoms with E-state index in [2.05, 4.69) is 40.6 Å². The topological polar surface area (TPSA) is 77.2 Å². The summed E-state index contributed by atoms with van der Waals surface area (Å²) in [5.41, 5.74) is 5.75. The molecule has 1 aliphatic rings. The zero-order valence-electron chi connectivity index (χ0n) is 11.0. The highest BCUT2D eigenvalue weighted by Gasteiger charge is 2.19. The van der Waals surface area contributed by atoms with Crippen LogP contribution in [-0.4, -0.2) is 46.0 Å². The zero-order chi connectivity index (χ0) is 13.2. The molecule has 1 saturated heterocycles. The van der Waals surface area contributed by atoms with Crippen LogP contribution in [0, 0.1) is 0 Å². The highest BCUT2D eigenvalue weighted by Crippen LogP contribution is 2.30. The molecule has 1 aromatic heterocycles. The molecule has 1 aliphatic heterocycles. The van der Waals surface area contributed by atoms with Gasteiger partial charge in [0.2, 0.25) is 11.9 Å². The fourth-order valence-electron chi connectivity index (χ4n) is 1.59. The van der Waals surface area contributed by atoms with E-state index in [0.717, 1.165) is 13.1 Å². The first kappa shape index (κ1) is 13.4. The van der Waals surface area contributed by atoms with Gasteiger partial charge in [-0.3, -0.25) is 0 Å². The minimum absolute atomic E-state index is 0.0517. The lowest BCUT2D eigenvalue weighted by atomic mass is 10.3. The quantitative estimate of drug-likeness (QED) is 0.808. The van der Waals surface area contributed by atoms with E-state index in [0.29, 0.717) is 24.3 Å². The van der Waals surface area contributed by atoms with Gasteiger partial charge in [0.1, 0.15) is 0 Å². The normalized spacial score (nSPS) is 16.9. The molecule has 1 fully saturated rings. The number of hydrogen-bond donors (Lipinski definition) is 1. The van der Waals surface area contributed by atoms with Gasteiger partial charge in [-0.25, -0.2) is 0 Å². The summed E-state index contributed by atoms with van der Waals surface area (Å²) in [5.74, 6) is 0.927. The average molecular weight is 269 g/mol. The number of rotatable bonds is 2. The Bertz CT molecular complexity index is 414. The molecule has 1 aromatic rings. The van der Waals surface area contributed by atoms with E-state index in [1.165, 1.54) is 0 Å². The molecule has 0 aromatic carbocycles. The molecule has 0 atom stereocenters. The van der Waals surface area contributed by atoms with Crippen LogP contribution in [0.4, 0.5) is 11.9 Å². The molecule has 0 amide bonds. The first-order chi connectivity index (χ1) is 8.44. The van der Waals surface area contributed by atoms with Gasteiger partial charge in [-0.15, -0.1) is 0 Å². The van der Waals surface area contributed by atoms with E-state index in [1.807, 2.05) is 0 Å². The van der Waals surface area contributed by atoms with Crippen molar-refractivity contribution in [3.63, 3.8) is 0 Å². The van der Waals surface area contributed by atoms with E-state index < -0.39 is 0 Å². The van der Waals surface area contributed by atoms with Crippen molar-refractivity contribution in [2.75, 3.05) is 36.9 Å². The summed E-state index contributed by atoms with van der Waals surface area (Å²) >= 11 is 1.59. The number of aromatic nitrogens is 3. The fraction of sp³-hybridized carbons (Fsp3) is 0.727. The minimum Gasteiger partial charge on any atom is -0.378 e. The van der Waals surface area contributed by atoms with Crippen LogP contribution in [0.3, 0.4) is 0 Å². The van der Waals surface area contributed by atoms with Gasteiger partial charge in [-0.05, 0) is 0 Å². The number of anilines is 2. The van der Waals surface area contributed by atoms with Crippen LogP contribution in [0.5, 0.6) is 0 Å². The van der Waals surface area contributed by atoms with Crippen molar-refractivity contribution in [2.24, 2.45) is 0 Å². The van der Waals surface area contributed by atoms with Crippen molar-refractivity contribution >= 4 is 23.7 Å². The zero-order valence-corrected chi connectivity index (χ0v) is 11.8. The average Bonchev–Trinajstić information content (AvgIpc) is 2.27. The molecule has 7 heteroatoms. The maximum Gasteiger partial charge on any atom is 0.231 e. The SMILES string of the molecule is CC(C)(C)Sc1nc(N)nc(N2CCOCC2)n1. The standard InChI is InChI=1S/C11H19N5OS/c1-11(2,3)18-10-14-8(12)13-9(15-10)16-4-6-17-7-5-16/h4-7H2,1-3H3,(H2,12,13,14,15). The summed E-state index contributed by atoms with van der Waals surface area (Å²) in [6.45, 7) is 9.34. The van der Waals surface area contributed by atoms with E-state index in [4.69, 9.17) is 10.5 Å². The predicted octanol–water partition coefficient (Wildman–Crippen LogP) is 1.18. The monoisotopic (exact) mass is 269 g/mol. The number of morpholine rings is 1. The van der Waals surface area contributed by atoms with Crippen LogP contribution >= 0.6 is 11.8 Å². The first-order valence-electron chi connectivity index (χ1n) is 5.97. The van der Waals surface area contributed by atoms with Gasteiger partial charge < -0.3 is 15.4 Å². The second kappa shape index (κ2) is 5.27. The van der Waals surface area contributed by atoms with E-state index in [1.54, 1.807) is 11.8 Å². The summed E-state index contributed by atoms with van der Waals surface area (Å²) in [5, 5.41) is 0.677. The maximum absolute atomic E-state index is 5.75. The summed E-state index contributed by atoms with van der Waals surface area (Å²) in [7, 11) is 0. The van der Waals surface area contributed by atoms with Gasteiger partial charge in [-0.1, -0.05) is 32.5 Å². The summed E-state index contributed by atoms with van der Waals surface area (Å²) in [6.07, 6.45) is 0. The number of nitrogens with zero attached hydrogens (tertiary/aromatic N) is 4. The Kier molecular flexibility index (Phi) is 3.91. The Balaban J connectivity index is 2.20. The number of hydrogen-bond acceptors (Lipinski definition) is 7. The summed E-state index contributed by atoms with van der Waals surface area (Å²) in [4.78, 5) is 14.9. The minimum atomic E-state index is 0.0517. The van der Waals surface area contributed by atoms with Gasteiger partial charge in [0.25, 0.3) is 0 Å². The third-order valence-corrected chi connectivity index (χ3v) is 3.29. The molecule has 0 unspecified atom stereocenters. The lowest BCUT2D eigenvalue weighted by Crippen LogP contribution is -2.37. The van der Waals surface area contributed by atoms with Crippen molar-refractivity contribution in [1.82, 2.24) is 15.0 Å². The summed E-state index contributed by atoms with van der Waals surface area (Å²) in [6, 6.07) is 0. The van der Waals surface area contributed by atoms with Gasteiger partial charge in [0.05, 0.1) is 13.2 Å². The van der Waals surface area contributed by atoms with Crippen LogP contribution in [-0.2, 0) is 4.74 Å². The lowest BCUT2D eigenvalue weighted by molar-refractivity contribution is 0.122. The fourth-order valence-corrected chi connectivity index (χ4v) is 2.40. The van der Waals surface area contributed by atoms with Crippen LogP contribution in [0.25, 0.3) is 0 Å². The van der Waals surface area contributed by atoms with Crippen LogP contribution in [0.15, 0.2) is 5.16 Å². The number of ether oxygens (including phenoxy) is 1. The molecule has 18 heavy (non-hydrogen) atoms. The number of nitrogens with two attached hydrogens (primary N) is 1. The lowest BCUT2D eigenvalue weighted by Gasteiger charge is -2.27. The first-order valence-corrected chi connectivity index (χ1v) is 6.79. The molecule has 0 saturated carbocycles. The van der Waals surface area contributed by atoms with E-state index >= 15 is 0 Å². The van der Waals surface area contributed by atoms with Gasteiger partial charge in [-0.2, -0.15) is 15.0 Å². The van der Waals surface area contributed by atoms with Crippen molar-refractivity contribution in [2.45, 2.75) is 30.7 Å². The Morgan fingerprint density at radius 3 is 2.44 bits per heavy atom. The molecule has 0 bridgehead atoms. The molecule has 0 spiro atoms. The van der Waals surface area contributed by atoms with Gasteiger partial charge >= 0.3 is 0 Å². The van der Waals surface area contributed by atoms with Crippen molar-refractivity contribution in [3.8, 4) is 0 Å². The maximum atomic E-state index is 5.75. The number of thioether (sulfide) groups is 1. The van der Waals surface area contributed by atoms with Gasteiger partial charge in [0, 0.05) is 17.8 Å². The Morgan fingerprint density at radius 1 is 1.17 bits per heavy atom. The second-order valence-electron chi connectivity index (χ2n) is 5.09. The van der Waals surface area contributed by atoms with E-state index in [9.17, 15) is 0 Å². The molecular weight excluding hydrogens is 250 g/mol. The molecule has 0 radical (unpaired) electrons. The van der Waals surface area contributed by atoms with Crippen molar-refractivity contribution in [1.29, 1.82) is 0 Å². The molecule has 2 N–H and O–H groups in total. The largest absolute Gasteiger partial charge is 0.378 e. The van der Waals surface area contributed by atoms with E-state index in [-0.39, 0.29) is 10.7 Å². The van der Waals surface area contributed by atoms with Crippen molar-refractivity contribution in [3.05, 3.63) is 0 Å². The molecule has 2 rings (SSSR count). The van der Waals surface area contributed by atoms with Crippen molar-refractivity contribution < 1.29 is 4.74 Å². The predicted molar refractivity (Wildman–Crippen MR) is 72.9 cm³/mol. The van der Waals surface area contributed by atoms with Crippen LogP contribution in [0.2, 0.25) is 0 Å². The van der Waals surface area contributed by atoms with Crippen LogP contribution < -0.4 is 10.6 Å². The second-order valence-corrected chi connectivity index (χ2v) is 6.88. The van der Waals surface area contributed by atoms with Crippen LogP contribution in [0.1, 0.15) is 20.8 Å². The number of nitrogen functional groups attached to an aromatic ring is 1. The Morgan fingerprint density at radius 2 is 1.83 bits per heavy atom. The summed E-state index contributed by atoms with van der Waals surface area (Å²) < 4.78 is 5.36. The third kappa shape index (κ3) is 3.71.